The molecule has 1 aromatic heterocycles. The largest absolute Gasteiger partial charge is 0.397 e. The van der Waals surface area contributed by atoms with Crippen molar-refractivity contribution in [3.05, 3.63) is 18.5 Å². The Bertz CT molecular complexity index is 303. The Hall–Kier alpha value is -1.29. The van der Waals surface area contributed by atoms with Crippen LogP contribution in [0.15, 0.2) is 18.5 Å². The van der Waals surface area contributed by atoms with Crippen LogP contribution in [-0.2, 0) is 0 Å². The van der Waals surface area contributed by atoms with E-state index in [1.165, 1.54) is 0 Å². The van der Waals surface area contributed by atoms with E-state index in [-0.39, 0.29) is 6.23 Å². The third kappa shape index (κ3) is 1.58. The van der Waals surface area contributed by atoms with Crippen molar-refractivity contribution >= 4 is 11.4 Å². The Labute approximate surface area is 77.0 Å². The molecule has 13 heavy (non-hydrogen) atoms. The molecule has 1 fully saturated rings. The maximum Gasteiger partial charge on any atom is 0.127 e. The average Bonchev–Trinajstić information content (AvgIpc) is 2.51. The van der Waals surface area contributed by atoms with Gasteiger partial charge in [0.05, 0.1) is 17.6 Å². The van der Waals surface area contributed by atoms with Gasteiger partial charge < -0.3 is 15.7 Å². The zero-order valence-electron chi connectivity index (χ0n) is 7.35. The van der Waals surface area contributed by atoms with Crippen LogP contribution in [0.4, 0.5) is 11.4 Å². The van der Waals surface area contributed by atoms with Gasteiger partial charge in [-0.05, 0) is 18.9 Å². The van der Waals surface area contributed by atoms with Crippen molar-refractivity contribution < 1.29 is 5.11 Å². The van der Waals surface area contributed by atoms with Gasteiger partial charge in [0, 0.05) is 12.7 Å². The number of anilines is 2. The molecule has 0 aromatic carbocycles. The van der Waals surface area contributed by atoms with Crippen LogP contribution in [0.1, 0.15) is 12.8 Å². The molecule has 70 valence electrons. The summed E-state index contributed by atoms with van der Waals surface area (Å²) >= 11 is 0. The molecule has 1 aliphatic heterocycles. The van der Waals surface area contributed by atoms with E-state index in [1.807, 2.05) is 11.0 Å². The number of aliphatic hydroxyl groups is 1. The molecule has 0 amide bonds. The van der Waals surface area contributed by atoms with Crippen LogP contribution < -0.4 is 10.6 Å². The van der Waals surface area contributed by atoms with Gasteiger partial charge in [0.2, 0.25) is 0 Å². The molecule has 0 aliphatic carbocycles. The van der Waals surface area contributed by atoms with E-state index in [0.29, 0.717) is 5.69 Å². The van der Waals surface area contributed by atoms with Gasteiger partial charge in [-0.3, -0.25) is 4.98 Å². The second kappa shape index (κ2) is 3.22. The van der Waals surface area contributed by atoms with Crippen molar-refractivity contribution in [2.45, 2.75) is 19.1 Å². The molecule has 3 N–H and O–H groups in total. The lowest BCUT2D eigenvalue weighted by atomic mass is 10.3. The normalized spacial score (nSPS) is 22.2. The molecule has 4 nitrogen and oxygen atoms in total. The summed E-state index contributed by atoms with van der Waals surface area (Å²) < 4.78 is 0. The molecule has 1 aliphatic rings. The number of nitrogens with two attached hydrogens (primary N) is 1. The van der Waals surface area contributed by atoms with Crippen molar-refractivity contribution in [3.8, 4) is 0 Å². The van der Waals surface area contributed by atoms with Crippen LogP contribution in [-0.4, -0.2) is 22.9 Å². The van der Waals surface area contributed by atoms with Gasteiger partial charge in [0.1, 0.15) is 6.23 Å². The third-order valence-electron chi connectivity index (χ3n) is 2.30. The summed E-state index contributed by atoms with van der Waals surface area (Å²) in [6.45, 7) is 0.881. The first-order valence-electron chi connectivity index (χ1n) is 4.42. The Balaban J connectivity index is 2.24. The van der Waals surface area contributed by atoms with E-state index in [9.17, 15) is 5.11 Å². The van der Waals surface area contributed by atoms with Gasteiger partial charge in [-0.1, -0.05) is 0 Å². The van der Waals surface area contributed by atoms with Crippen LogP contribution in [0.3, 0.4) is 0 Å². The molecule has 1 saturated heterocycles. The fraction of sp³-hybridized carbons (Fsp3) is 0.444. The lowest BCUT2D eigenvalue weighted by molar-refractivity contribution is 0.185. The lowest BCUT2D eigenvalue weighted by Gasteiger charge is -2.22. The summed E-state index contributed by atoms with van der Waals surface area (Å²) in [5.41, 5.74) is 7.14. The molecule has 1 aromatic rings. The molecule has 0 spiro atoms. The summed E-state index contributed by atoms with van der Waals surface area (Å²) in [5.74, 6) is 0. The molecule has 2 heterocycles. The number of rotatable bonds is 1. The highest BCUT2D eigenvalue weighted by atomic mass is 16.3. The Morgan fingerprint density at radius 2 is 2.38 bits per heavy atom. The Morgan fingerprint density at radius 3 is 3.00 bits per heavy atom. The van der Waals surface area contributed by atoms with Crippen molar-refractivity contribution in [2.24, 2.45) is 0 Å². The number of hydrogen-bond acceptors (Lipinski definition) is 4. The van der Waals surface area contributed by atoms with Gasteiger partial charge in [0.25, 0.3) is 0 Å². The highest BCUT2D eigenvalue weighted by Crippen LogP contribution is 2.24. The van der Waals surface area contributed by atoms with Gasteiger partial charge in [-0.25, -0.2) is 0 Å². The number of hydrogen-bond donors (Lipinski definition) is 2. The van der Waals surface area contributed by atoms with Gasteiger partial charge in [0.15, 0.2) is 0 Å². The molecule has 0 radical (unpaired) electrons. The fourth-order valence-electron chi connectivity index (χ4n) is 1.65. The quantitative estimate of drug-likeness (QED) is 0.662. The summed E-state index contributed by atoms with van der Waals surface area (Å²) in [5, 5.41) is 9.59. The van der Waals surface area contributed by atoms with Gasteiger partial charge in [-0.2, -0.15) is 0 Å². The maximum absolute atomic E-state index is 9.59. The van der Waals surface area contributed by atoms with E-state index >= 15 is 0 Å². The average molecular weight is 179 g/mol. The predicted octanol–water partition coefficient (Wildman–Crippen LogP) is 0.582. The molecule has 4 heteroatoms. The molecule has 2 rings (SSSR count). The number of aliphatic hydroxyl groups excluding tert-OH is 1. The molecular formula is C9H13N3O. The first kappa shape index (κ1) is 8.31. The Morgan fingerprint density at radius 1 is 1.54 bits per heavy atom. The first-order valence-corrected chi connectivity index (χ1v) is 4.42. The summed E-state index contributed by atoms with van der Waals surface area (Å²) in [4.78, 5) is 5.91. The zero-order valence-corrected chi connectivity index (χ0v) is 7.35. The first-order chi connectivity index (χ1) is 6.27. The van der Waals surface area contributed by atoms with Crippen molar-refractivity contribution in [1.29, 1.82) is 0 Å². The summed E-state index contributed by atoms with van der Waals surface area (Å²) in [6.07, 6.45) is 4.81. The SMILES string of the molecule is Nc1cncc(N2CCCC2O)c1. The number of nitrogen functional groups attached to an aromatic ring is 1. The molecular weight excluding hydrogens is 166 g/mol. The van der Waals surface area contributed by atoms with E-state index in [4.69, 9.17) is 5.73 Å². The smallest absolute Gasteiger partial charge is 0.127 e. The van der Waals surface area contributed by atoms with E-state index < -0.39 is 0 Å². The summed E-state index contributed by atoms with van der Waals surface area (Å²) in [7, 11) is 0. The van der Waals surface area contributed by atoms with Crippen LogP contribution >= 0.6 is 0 Å². The second-order valence-corrected chi connectivity index (χ2v) is 3.29. The van der Waals surface area contributed by atoms with Gasteiger partial charge >= 0.3 is 0 Å². The summed E-state index contributed by atoms with van der Waals surface area (Å²) in [6, 6.07) is 1.83. The highest BCUT2D eigenvalue weighted by Gasteiger charge is 2.22. The van der Waals surface area contributed by atoms with Gasteiger partial charge in [-0.15, -0.1) is 0 Å². The maximum atomic E-state index is 9.59. The zero-order chi connectivity index (χ0) is 9.26. The molecule has 0 saturated carbocycles. The number of nitrogens with zero attached hydrogens (tertiary/aromatic N) is 2. The van der Waals surface area contributed by atoms with Crippen molar-refractivity contribution in [1.82, 2.24) is 4.98 Å². The standard InChI is InChI=1S/C9H13N3O/c10-7-4-8(6-11-5-7)12-3-1-2-9(12)13/h4-6,9,13H,1-3,10H2. The molecule has 0 bridgehead atoms. The van der Waals surface area contributed by atoms with Crippen LogP contribution in [0, 0.1) is 0 Å². The lowest BCUT2D eigenvalue weighted by Crippen LogP contribution is -2.28. The van der Waals surface area contributed by atoms with Crippen LogP contribution in [0.2, 0.25) is 0 Å². The number of aromatic nitrogens is 1. The van der Waals surface area contributed by atoms with Crippen LogP contribution in [0.5, 0.6) is 0 Å². The van der Waals surface area contributed by atoms with Crippen molar-refractivity contribution in [3.63, 3.8) is 0 Å². The second-order valence-electron chi connectivity index (χ2n) is 3.29. The van der Waals surface area contributed by atoms with E-state index in [0.717, 1.165) is 25.1 Å². The topological polar surface area (TPSA) is 62.4 Å². The minimum absolute atomic E-state index is 0.372. The monoisotopic (exact) mass is 179 g/mol. The van der Waals surface area contributed by atoms with E-state index in [2.05, 4.69) is 4.98 Å². The minimum Gasteiger partial charge on any atom is -0.397 e. The van der Waals surface area contributed by atoms with E-state index in [1.54, 1.807) is 12.4 Å². The predicted molar refractivity (Wildman–Crippen MR) is 51.2 cm³/mol. The fourth-order valence-corrected chi connectivity index (χ4v) is 1.65. The molecule has 1 atom stereocenters. The highest BCUT2D eigenvalue weighted by molar-refractivity contribution is 5.54. The van der Waals surface area contributed by atoms with Crippen molar-refractivity contribution in [2.75, 3.05) is 17.2 Å². The Kier molecular flexibility index (Phi) is 2.06. The minimum atomic E-state index is -0.372. The third-order valence-corrected chi connectivity index (χ3v) is 2.30. The molecule has 1 unspecified atom stereocenters. The van der Waals surface area contributed by atoms with Crippen LogP contribution in [0.25, 0.3) is 0 Å². The number of pyridine rings is 1.